The van der Waals surface area contributed by atoms with Gasteiger partial charge in [0.25, 0.3) is 0 Å². The van der Waals surface area contributed by atoms with Crippen LogP contribution in [0.5, 0.6) is 0 Å². The normalized spacial score (nSPS) is 14.0. The van der Waals surface area contributed by atoms with Crippen molar-refractivity contribution in [2.45, 2.75) is 9.79 Å². The molecule has 0 atom stereocenters. The highest BCUT2D eigenvalue weighted by Gasteiger charge is 2.35. The molecule has 204 valence electrons. The fraction of sp³-hybridized carbons (Fsp3) is 0. The Hall–Kier alpha value is -5.46. The van der Waals surface area contributed by atoms with E-state index in [1.165, 1.54) is 0 Å². The summed E-state index contributed by atoms with van der Waals surface area (Å²) in [5, 5.41) is 4.37. The zero-order valence-electron chi connectivity index (χ0n) is 22.7. The van der Waals surface area contributed by atoms with Gasteiger partial charge < -0.3 is 9.13 Å². The second kappa shape index (κ2) is 8.53. The number of nitrogens with zero attached hydrogens (tertiary/aromatic N) is 2. The molecule has 6 heteroatoms. The number of hydrogen-bond acceptors (Lipinski definition) is 3. The molecule has 1 aliphatic heterocycles. The first kappa shape index (κ1) is 24.2. The molecule has 6 aromatic carbocycles. The lowest BCUT2D eigenvalue weighted by Gasteiger charge is -2.21. The maximum Gasteiger partial charge on any atom is 0.208 e. The van der Waals surface area contributed by atoms with Crippen molar-refractivity contribution in [3.63, 3.8) is 0 Å². The van der Waals surface area contributed by atoms with Gasteiger partial charge >= 0.3 is 0 Å². The molecular weight excluding hydrogens is 552 g/mol. The van der Waals surface area contributed by atoms with Crippen molar-refractivity contribution in [2.75, 3.05) is 0 Å². The van der Waals surface area contributed by atoms with E-state index in [1.807, 2.05) is 72.8 Å². The Morgan fingerprint density at radius 1 is 0.419 bits per heavy atom. The number of para-hydroxylation sites is 4. The molecule has 1 aliphatic rings. The summed E-state index contributed by atoms with van der Waals surface area (Å²) in [5.74, 6) is -0.301. The molecule has 43 heavy (non-hydrogen) atoms. The molecule has 0 saturated carbocycles. The van der Waals surface area contributed by atoms with Gasteiger partial charge in [-0.1, -0.05) is 72.8 Å². The van der Waals surface area contributed by atoms with Crippen LogP contribution in [-0.2, 0) is 9.84 Å². The van der Waals surface area contributed by atoms with Crippen molar-refractivity contribution in [3.05, 3.63) is 145 Å². The predicted molar refractivity (Wildman–Crippen MR) is 170 cm³/mol. The summed E-state index contributed by atoms with van der Waals surface area (Å²) < 4.78 is 32.0. The smallest absolute Gasteiger partial charge is 0.208 e. The monoisotopic (exact) mass is 574 g/mol. The Labute approximate surface area is 246 Å². The molecule has 9 rings (SSSR count). The van der Waals surface area contributed by atoms with Gasteiger partial charge in [0.2, 0.25) is 9.84 Å². The van der Waals surface area contributed by atoms with E-state index in [2.05, 4.69) is 33.4 Å². The number of carbonyl (C=O) groups excluding carboxylic acids is 1. The van der Waals surface area contributed by atoms with Gasteiger partial charge in [0.15, 0.2) is 5.78 Å². The zero-order valence-corrected chi connectivity index (χ0v) is 23.5. The minimum absolute atomic E-state index is 0.0409. The van der Waals surface area contributed by atoms with Crippen LogP contribution in [0.25, 0.3) is 55.0 Å². The Balaban J connectivity index is 1.27. The van der Waals surface area contributed by atoms with Crippen LogP contribution in [0, 0.1) is 0 Å². The average molecular weight is 575 g/mol. The molecule has 8 aromatic rings. The largest absolute Gasteiger partial charge is 0.309 e. The predicted octanol–water partition coefficient (Wildman–Crippen LogP) is 8.26. The molecule has 0 fully saturated rings. The van der Waals surface area contributed by atoms with E-state index in [4.69, 9.17) is 0 Å². The van der Waals surface area contributed by atoms with Gasteiger partial charge in [-0.3, -0.25) is 4.79 Å². The Morgan fingerprint density at radius 3 is 1.09 bits per heavy atom. The topological polar surface area (TPSA) is 61.1 Å². The maximum absolute atomic E-state index is 14.2. The van der Waals surface area contributed by atoms with E-state index in [-0.39, 0.29) is 26.7 Å². The van der Waals surface area contributed by atoms with Crippen LogP contribution in [0.4, 0.5) is 0 Å². The van der Waals surface area contributed by atoms with Gasteiger partial charge in [0.1, 0.15) is 0 Å². The van der Waals surface area contributed by atoms with Crippen molar-refractivity contribution in [2.24, 2.45) is 0 Å². The minimum atomic E-state index is -3.91. The fourth-order valence-corrected chi connectivity index (χ4v) is 8.42. The standard InChI is InChI=1S/C37H22N2O3S/c40-37-29-21-23(38-31-13-5-1-9-25(31)26-10-2-6-14-32(26)38)17-19-35(29)43(41,42)36-20-18-24(22-30(36)37)39-33-15-7-3-11-27(33)28-12-4-8-16-34(28)39/h1-22H. The summed E-state index contributed by atoms with van der Waals surface area (Å²) in [6.45, 7) is 0. The number of benzene rings is 6. The van der Waals surface area contributed by atoms with E-state index in [9.17, 15) is 13.2 Å². The number of rotatable bonds is 2. The minimum Gasteiger partial charge on any atom is -0.309 e. The highest BCUT2D eigenvalue weighted by atomic mass is 32.2. The second-order valence-electron chi connectivity index (χ2n) is 10.9. The first-order valence-electron chi connectivity index (χ1n) is 14.1. The molecule has 0 N–H and O–H groups in total. The Kier molecular flexibility index (Phi) is 4.80. The molecule has 0 spiro atoms. The van der Waals surface area contributed by atoms with E-state index in [0.29, 0.717) is 0 Å². The molecule has 0 amide bonds. The van der Waals surface area contributed by atoms with Crippen LogP contribution < -0.4 is 0 Å². The third-order valence-corrected chi connectivity index (χ3v) is 10.5. The van der Waals surface area contributed by atoms with E-state index >= 15 is 0 Å². The van der Waals surface area contributed by atoms with E-state index in [1.54, 1.807) is 36.4 Å². The van der Waals surface area contributed by atoms with Crippen LogP contribution in [0.3, 0.4) is 0 Å². The van der Waals surface area contributed by atoms with Crippen LogP contribution >= 0.6 is 0 Å². The molecule has 0 bridgehead atoms. The SMILES string of the molecule is O=C1c2cc(-n3c4ccccc4c4ccccc43)ccc2S(=O)(=O)c2ccc(-n3c4ccccc4c4ccccc43)cc21. The van der Waals surface area contributed by atoms with Crippen LogP contribution in [0.2, 0.25) is 0 Å². The summed E-state index contributed by atoms with van der Waals surface area (Å²) in [6.07, 6.45) is 0. The van der Waals surface area contributed by atoms with Crippen LogP contribution in [0.1, 0.15) is 15.9 Å². The van der Waals surface area contributed by atoms with Crippen LogP contribution in [0.15, 0.2) is 143 Å². The number of hydrogen-bond donors (Lipinski definition) is 0. The average Bonchev–Trinajstić information content (AvgIpc) is 3.56. The summed E-state index contributed by atoms with van der Waals surface area (Å²) in [7, 11) is -3.91. The third-order valence-electron chi connectivity index (χ3n) is 8.67. The van der Waals surface area contributed by atoms with Gasteiger partial charge in [0.05, 0.1) is 31.9 Å². The van der Waals surface area contributed by atoms with Gasteiger partial charge in [-0.15, -0.1) is 0 Å². The van der Waals surface area contributed by atoms with E-state index < -0.39 is 9.84 Å². The Morgan fingerprint density at radius 2 is 0.744 bits per heavy atom. The first-order chi connectivity index (χ1) is 21.0. The molecule has 0 radical (unpaired) electrons. The molecular formula is C37H22N2O3S. The Bertz CT molecular complexity index is 2330. The lowest BCUT2D eigenvalue weighted by atomic mass is 10.0. The lowest BCUT2D eigenvalue weighted by molar-refractivity contribution is 0.103. The molecule has 0 unspecified atom stereocenters. The summed E-state index contributed by atoms with van der Waals surface area (Å²) in [4.78, 5) is 14.3. The highest BCUT2D eigenvalue weighted by Crippen LogP contribution is 2.40. The van der Waals surface area contributed by atoms with Gasteiger partial charge in [-0.25, -0.2) is 8.42 Å². The second-order valence-corrected chi connectivity index (χ2v) is 12.8. The van der Waals surface area contributed by atoms with Crippen molar-refractivity contribution >= 4 is 59.2 Å². The van der Waals surface area contributed by atoms with E-state index in [0.717, 1.165) is 55.0 Å². The van der Waals surface area contributed by atoms with Crippen molar-refractivity contribution in [1.82, 2.24) is 9.13 Å². The molecule has 2 aromatic heterocycles. The van der Waals surface area contributed by atoms with Gasteiger partial charge in [0, 0.05) is 44.0 Å². The first-order valence-corrected chi connectivity index (χ1v) is 15.6. The number of fused-ring (bicyclic) bond motifs is 8. The zero-order chi connectivity index (χ0) is 28.9. The number of carbonyl (C=O) groups is 1. The van der Waals surface area contributed by atoms with Crippen LogP contribution in [-0.4, -0.2) is 23.3 Å². The molecule has 5 nitrogen and oxygen atoms in total. The molecule has 3 heterocycles. The van der Waals surface area contributed by atoms with Gasteiger partial charge in [-0.2, -0.15) is 0 Å². The van der Waals surface area contributed by atoms with Crippen molar-refractivity contribution < 1.29 is 13.2 Å². The highest BCUT2D eigenvalue weighted by molar-refractivity contribution is 7.91. The summed E-state index contributed by atoms with van der Waals surface area (Å²) in [5.41, 5.74) is 5.81. The summed E-state index contributed by atoms with van der Waals surface area (Å²) in [6, 6.07) is 42.6. The molecule has 0 aliphatic carbocycles. The quantitative estimate of drug-likeness (QED) is 0.209. The number of sulfone groups is 1. The van der Waals surface area contributed by atoms with Crippen molar-refractivity contribution in [3.8, 4) is 11.4 Å². The number of ketones is 1. The lowest BCUT2D eigenvalue weighted by Crippen LogP contribution is -2.21. The van der Waals surface area contributed by atoms with Gasteiger partial charge in [-0.05, 0) is 60.7 Å². The third kappa shape index (κ3) is 3.21. The van der Waals surface area contributed by atoms with Crippen molar-refractivity contribution in [1.29, 1.82) is 0 Å². The number of aromatic nitrogens is 2. The maximum atomic E-state index is 14.2. The fourth-order valence-electron chi connectivity index (χ4n) is 6.80. The molecule has 0 saturated heterocycles. The summed E-state index contributed by atoms with van der Waals surface area (Å²) >= 11 is 0.